The third-order valence-corrected chi connectivity index (χ3v) is 3.94. The molecule has 8 heteroatoms. The molecule has 0 unspecified atom stereocenters. The second-order valence-electron chi connectivity index (χ2n) is 5.73. The van der Waals surface area contributed by atoms with Gasteiger partial charge in [-0.2, -0.15) is 0 Å². The zero-order valence-corrected chi connectivity index (χ0v) is 13.9. The molecule has 0 saturated carbocycles. The van der Waals surface area contributed by atoms with Gasteiger partial charge >= 0.3 is 0 Å². The van der Waals surface area contributed by atoms with E-state index in [-0.39, 0.29) is 30.2 Å². The molecule has 1 aromatic carbocycles. The van der Waals surface area contributed by atoms with Crippen molar-refractivity contribution in [3.8, 4) is 5.75 Å². The fourth-order valence-electron chi connectivity index (χ4n) is 2.77. The summed E-state index contributed by atoms with van der Waals surface area (Å²) in [6.07, 6.45) is -0.551. The predicted molar refractivity (Wildman–Crippen MR) is 87.1 cm³/mol. The molecule has 1 fully saturated rings. The van der Waals surface area contributed by atoms with Crippen molar-refractivity contribution in [2.24, 2.45) is 0 Å². The Morgan fingerprint density at radius 3 is 2.96 bits per heavy atom. The molecule has 0 radical (unpaired) electrons. The minimum absolute atomic E-state index is 0.147. The van der Waals surface area contributed by atoms with Gasteiger partial charge in [-0.1, -0.05) is 0 Å². The van der Waals surface area contributed by atoms with Crippen LogP contribution in [0, 0.1) is 12.7 Å². The third kappa shape index (κ3) is 3.69. The van der Waals surface area contributed by atoms with Crippen LogP contribution in [0.2, 0.25) is 0 Å². The first kappa shape index (κ1) is 17.1. The molecule has 25 heavy (non-hydrogen) atoms. The molecule has 2 heterocycles. The van der Waals surface area contributed by atoms with Crippen molar-refractivity contribution in [1.29, 1.82) is 0 Å². The van der Waals surface area contributed by atoms with E-state index in [2.05, 4.69) is 9.97 Å². The summed E-state index contributed by atoms with van der Waals surface area (Å²) in [5, 5.41) is 0. The molecule has 1 aliphatic rings. The first-order valence-corrected chi connectivity index (χ1v) is 7.80. The Balaban J connectivity index is 1.85. The topological polar surface area (TPSA) is 84.5 Å². The van der Waals surface area contributed by atoms with Crippen molar-refractivity contribution in [3.05, 3.63) is 57.5 Å². The van der Waals surface area contributed by atoms with Gasteiger partial charge in [0.15, 0.2) is 0 Å². The van der Waals surface area contributed by atoms with Gasteiger partial charge in [-0.3, -0.25) is 9.59 Å². The molecule has 1 saturated heterocycles. The quantitative estimate of drug-likeness (QED) is 0.908. The molecule has 0 aliphatic carbocycles. The lowest BCUT2D eigenvalue weighted by molar-refractivity contribution is -0.0270. The van der Waals surface area contributed by atoms with Crippen molar-refractivity contribution >= 4 is 5.91 Å². The Labute approximate surface area is 143 Å². The van der Waals surface area contributed by atoms with Crippen LogP contribution >= 0.6 is 0 Å². The van der Waals surface area contributed by atoms with Crippen LogP contribution in [0.4, 0.5) is 4.39 Å². The van der Waals surface area contributed by atoms with Crippen LogP contribution in [0.1, 0.15) is 28.0 Å². The molecule has 132 valence electrons. The molecular formula is C17H18FN3O4. The summed E-state index contributed by atoms with van der Waals surface area (Å²) in [4.78, 5) is 32.8. The number of benzene rings is 1. The number of rotatable bonds is 3. The Morgan fingerprint density at radius 1 is 1.44 bits per heavy atom. The first-order valence-electron chi connectivity index (χ1n) is 7.80. The fourth-order valence-corrected chi connectivity index (χ4v) is 2.77. The van der Waals surface area contributed by atoms with Gasteiger partial charge in [-0.25, -0.2) is 9.37 Å². The minimum atomic E-state index is -0.551. The largest absolute Gasteiger partial charge is 0.496 e. The highest BCUT2D eigenvalue weighted by atomic mass is 19.1. The number of carbonyl (C=O) groups is 1. The van der Waals surface area contributed by atoms with Gasteiger partial charge in [-0.15, -0.1) is 0 Å². The maximum Gasteiger partial charge on any atom is 0.257 e. The van der Waals surface area contributed by atoms with Crippen LogP contribution in [0.3, 0.4) is 0 Å². The summed E-state index contributed by atoms with van der Waals surface area (Å²) < 4.78 is 24.3. The normalized spacial score (nSPS) is 17.4. The lowest BCUT2D eigenvalue weighted by Gasteiger charge is -2.32. The maximum atomic E-state index is 13.5. The van der Waals surface area contributed by atoms with E-state index in [4.69, 9.17) is 9.47 Å². The van der Waals surface area contributed by atoms with Gasteiger partial charge in [0, 0.05) is 18.3 Å². The summed E-state index contributed by atoms with van der Waals surface area (Å²) in [7, 11) is 1.42. The molecule has 1 aromatic heterocycles. The number of amides is 1. The van der Waals surface area contributed by atoms with E-state index in [0.717, 1.165) is 6.07 Å². The molecule has 1 aliphatic heterocycles. The molecular weight excluding hydrogens is 329 g/mol. The number of morpholine rings is 1. The van der Waals surface area contributed by atoms with Crippen LogP contribution in [-0.2, 0) is 4.74 Å². The van der Waals surface area contributed by atoms with Gasteiger partial charge in [0.05, 0.1) is 25.8 Å². The number of hydrogen-bond donors (Lipinski definition) is 1. The monoisotopic (exact) mass is 347 g/mol. The highest BCUT2D eigenvalue weighted by Gasteiger charge is 2.29. The highest BCUT2D eigenvalue weighted by molar-refractivity contribution is 5.97. The molecule has 3 rings (SSSR count). The predicted octanol–water partition coefficient (Wildman–Crippen LogP) is 1.44. The Morgan fingerprint density at radius 2 is 2.24 bits per heavy atom. The molecule has 1 N–H and O–H groups in total. The van der Waals surface area contributed by atoms with E-state index in [9.17, 15) is 14.0 Å². The Kier molecular flexibility index (Phi) is 4.80. The maximum absolute atomic E-state index is 13.5. The Hall–Kier alpha value is -2.74. The number of carbonyl (C=O) groups excluding carboxylic acids is 1. The van der Waals surface area contributed by atoms with Gasteiger partial charge in [-0.05, 0) is 25.1 Å². The third-order valence-electron chi connectivity index (χ3n) is 3.94. The number of hydrogen-bond acceptors (Lipinski definition) is 5. The molecule has 0 spiro atoms. The fraction of sp³-hybridized carbons (Fsp3) is 0.353. The molecule has 7 nitrogen and oxygen atoms in total. The average Bonchev–Trinajstić information content (AvgIpc) is 2.60. The second kappa shape index (κ2) is 7.02. The van der Waals surface area contributed by atoms with Gasteiger partial charge in [0.2, 0.25) is 0 Å². The summed E-state index contributed by atoms with van der Waals surface area (Å²) >= 11 is 0. The van der Waals surface area contributed by atoms with Crippen LogP contribution < -0.4 is 10.3 Å². The van der Waals surface area contributed by atoms with E-state index < -0.39 is 11.9 Å². The summed E-state index contributed by atoms with van der Waals surface area (Å²) in [6.45, 7) is 2.55. The Bertz CT molecular complexity index is 852. The molecule has 2 aromatic rings. The van der Waals surface area contributed by atoms with Crippen molar-refractivity contribution in [1.82, 2.24) is 14.9 Å². The van der Waals surface area contributed by atoms with Crippen molar-refractivity contribution in [2.45, 2.75) is 13.0 Å². The van der Waals surface area contributed by atoms with Crippen molar-refractivity contribution in [2.75, 3.05) is 26.8 Å². The number of aryl methyl sites for hydroxylation is 1. The van der Waals surface area contributed by atoms with Gasteiger partial charge in [0.1, 0.15) is 23.5 Å². The van der Waals surface area contributed by atoms with Crippen molar-refractivity contribution < 1.29 is 18.7 Å². The number of ether oxygens (including phenoxy) is 2. The van der Waals surface area contributed by atoms with E-state index in [0.29, 0.717) is 23.8 Å². The number of nitrogens with one attached hydrogen (secondary N) is 1. The van der Waals surface area contributed by atoms with Crippen LogP contribution in [0.25, 0.3) is 0 Å². The van der Waals surface area contributed by atoms with Crippen LogP contribution in [-0.4, -0.2) is 47.6 Å². The number of halogens is 1. The lowest BCUT2D eigenvalue weighted by atomic mass is 10.1. The smallest absolute Gasteiger partial charge is 0.257 e. The molecule has 1 atom stereocenters. The van der Waals surface area contributed by atoms with Crippen LogP contribution in [0.15, 0.2) is 29.1 Å². The van der Waals surface area contributed by atoms with E-state index in [1.165, 1.54) is 30.2 Å². The standard InChI is InChI=1S/C17H18FN3O4/c1-10-7-15(22)20-16(19-10)14-9-21(5-6-25-14)17(23)12-8-11(18)3-4-13(12)24-2/h3-4,7-8,14H,5-6,9H2,1-2H3,(H,19,20,22)/t14-/m0/s1. The van der Waals surface area contributed by atoms with Crippen LogP contribution in [0.5, 0.6) is 5.75 Å². The lowest BCUT2D eigenvalue weighted by Crippen LogP contribution is -2.43. The number of methoxy groups -OCH3 is 1. The summed E-state index contributed by atoms with van der Waals surface area (Å²) in [6, 6.07) is 5.19. The van der Waals surface area contributed by atoms with Crippen molar-refractivity contribution in [3.63, 3.8) is 0 Å². The molecule has 1 amide bonds. The summed E-state index contributed by atoms with van der Waals surface area (Å²) in [5.41, 5.74) is 0.438. The minimum Gasteiger partial charge on any atom is -0.496 e. The molecule has 0 bridgehead atoms. The number of aromatic amines is 1. The zero-order valence-electron chi connectivity index (χ0n) is 13.9. The number of H-pyrrole nitrogens is 1. The number of aromatic nitrogens is 2. The average molecular weight is 347 g/mol. The van der Waals surface area contributed by atoms with Gasteiger partial charge < -0.3 is 19.4 Å². The van der Waals surface area contributed by atoms with Gasteiger partial charge in [0.25, 0.3) is 11.5 Å². The SMILES string of the molecule is COc1ccc(F)cc1C(=O)N1CCO[C@H](c2nc(C)cc(=O)[nH]2)C1. The first-order chi connectivity index (χ1) is 12.0. The van der Waals surface area contributed by atoms with E-state index in [1.807, 2.05) is 0 Å². The van der Waals surface area contributed by atoms with E-state index in [1.54, 1.807) is 6.92 Å². The number of nitrogens with zero attached hydrogens (tertiary/aromatic N) is 2. The second-order valence-corrected chi connectivity index (χ2v) is 5.73. The summed E-state index contributed by atoms with van der Waals surface area (Å²) in [5.74, 6) is -0.205. The highest BCUT2D eigenvalue weighted by Crippen LogP contribution is 2.25. The zero-order chi connectivity index (χ0) is 18.0. The van der Waals surface area contributed by atoms with E-state index >= 15 is 0 Å².